The molecule has 186 valence electrons. The van der Waals surface area contributed by atoms with Crippen LogP contribution >= 0.6 is 11.8 Å². The van der Waals surface area contributed by atoms with Crippen molar-refractivity contribution in [1.82, 2.24) is 10.2 Å². The lowest BCUT2D eigenvalue weighted by molar-refractivity contribution is -0.274. The minimum absolute atomic E-state index is 0.00542. The first kappa shape index (κ1) is 25.0. The monoisotopic (exact) mass is 510 g/mol. The maximum Gasteiger partial charge on any atom is 0.573 e. The SMILES string of the molecule is CC(C)(C)c1nnc(-c2cc3c(cc2F)SC[C@H](N)C(=O)N3Cc2ccc(OC(F)(F)F)cc2)o1. The summed E-state index contributed by atoms with van der Waals surface area (Å²) in [6, 6.07) is 7.02. The van der Waals surface area contributed by atoms with E-state index in [1.54, 1.807) is 0 Å². The van der Waals surface area contributed by atoms with Gasteiger partial charge in [-0.3, -0.25) is 4.79 Å². The normalized spacial score (nSPS) is 16.7. The molecule has 0 unspecified atom stereocenters. The van der Waals surface area contributed by atoms with Gasteiger partial charge in [-0.1, -0.05) is 32.9 Å². The average Bonchev–Trinajstić information content (AvgIpc) is 3.23. The van der Waals surface area contributed by atoms with Crippen molar-refractivity contribution >= 4 is 23.4 Å². The Labute approximate surface area is 202 Å². The van der Waals surface area contributed by atoms with Crippen molar-refractivity contribution < 1.29 is 31.5 Å². The second-order valence-corrected chi connectivity index (χ2v) is 10.1. The zero-order chi connectivity index (χ0) is 25.5. The molecular formula is C23H22F4N4O3S. The van der Waals surface area contributed by atoms with Crippen LogP contribution < -0.4 is 15.4 Å². The number of amides is 1. The molecule has 2 N–H and O–H groups in total. The highest BCUT2D eigenvalue weighted by Gasteiger charge is 2.32. The van der Waals surface area contributed by atoms with Crippen LogP contribution in [0.5, 0.6) is 5.75 Å². The Morgan fingerprint density at radius 1 is 1.17 bits per heavy atom. The van der Waals surface area contributed by atoms with Gasteiger partial charge in [0.05, 0.1) is 23.8 Å². The number of benzene rings is 2. The van der Waals surface area contributed by atoms with E-state index in [1.165, 1.54) is 40.9 Å². The summed E-state index contributed by atoms with van der Waals surface area (Å²) in [7, 11) is 0. The maximum atomic E-state index is 15.0. The number of nitrogens with two attached hydrogens (primary N) is 1. The Balaban J connectivity index is 1.71. The third kappa shape index (κ3) is 5.59. The Hall–Kier alpha value is -3.12. The Bertz CT molecular complexity index is 1240. The number of thioether (sulfide) groups is 1. The van der Waals surface area contributed by atoms with Crippen LogP contribution in [0, 0.1) is 5.82 Å². The molecular weight excluding hydrogens is 488 g/mol. The number of ether oxygens (including phenoxy) is 1. The summed E-state index contributed by atoms with van der Waals surface area (Å²) >= 11 is 1.23. The van der Waals surface area contributed by atoms with Gasteiger partial charge in [0.2, 0.25) is 11.8 Å². The van der Waals surface area contributed by atoms with E-state index in [2.05, 4.69) is 14.9 Å². The van der Waals surface area contributed by atoms with Gasteiger partial charge in [0, 0.05) is 16.1 Å². The molecule has 7 nitrogen and oxygen atoms in total. The fourth-order valence-corrected chi connectivity index (χ4v) is 4.39. The topological polar surface area (TPSA) is 94.5 Å². The van der Waals surface area contributed by atoms with Gasteiger partial charge in [0.15, 0.2) is 0 Å². The van der Waals surface area contributed by atoms with Gasteiger partial charge in [-0.15, -0.1) is 35.1 Å². The molecule has 12 heteroatoms. The lowest BCUT2D eigenvalue weighted by Gasteiger charge is -2.25. The van der Waals surface area contributed by atoms with Crippen LogP contribution in [0.4, 0.5) is 23.2 Å². The van der Waals surface area contributed by atoms with Crippen molar-refractivity contribution in [3.05, 3.63) is 53.7 Å². The summed E-state index contributed by atoms with van der Waals surface area (Å²) in [5, 5.41) is 7.97. The first-order valence-electron chi connectivity index (χ1n) is 10.5. The zero-order valence-electron chi connectivity index (χ0n) is 19.0. The number of aromatic nitrogens is 2. The van der Waals surface area contributed by atoms with Gasteiger partial charge in [-0.05, 0) is 29.8 Å². The summed E-state index contributed by atoms with van der Waals surface area (Å²) in [6.07, 6.45) is -4.81. The van der Waals surface area contributed by atoms with Crippen LogP contribution in [0.3, 0.4) is 0 Å². The van der Waals surface area contributed by atoms with Crippen LogP contribution in [-0.4, -0.2) is 34.3 Å². The van der Waals surface area contributed by atoms with Crippen molar-refractivity contribution in [1.29, 1.82) is 0 Å². The molecule has 0 saturated carbocycles. The standard InChI is InChI=1S/C23H22F4N4O3S/c1-22(2,3)21-30-29-19(33-21)14-8-17-18(9-15(14)24)35-11-16(28)20(32)31(17)10-12-4-6-13(7-5-12)34-23(25,26)27/h4-9,16H,10-11,28H2,1-3H3/t16-/m0/s1. The molecule has 1 amide bonds. The summed E-state index contributed by atoms with van der Waals surface area (Å²) in [6.45, 7) is 5.62. The van der Waals surface area contributed by atoms with Gasteiger partial charge >= 0.3 is 6.36 Å². The fraction of sp³-hybridized carbons (Fsp3) is 0.348. The minimum Gasteiger partial charge on any atom is -0.420 e. The second-order valence-electron chi connectivity index (χ2n) is 9.00. The Kier molecular flexibility index (Phi) is 6.54. The first-order valence-corrected chi connectivity index (χ1v) is 11.5. The maximum absolute atomic E-state index is 15.0. The van der Waals surface area contributed by atoms with Gasteiger partial charge in [-0.25, -0.2) is 4.39 Å². The smallest absolute Gasteiger partial charge is 0.420 e. The molecule has 2 heterocycles. The number of hydrogen-bond donors (Lipinski definition) is 1. The van der Waals surface area contributed by atoms with E-state index < -0.39 is 29.5 Å². The molecule has 2 aromatic carbocycles. The molecule has 1 atom stereocenters. The van der Waals surface area contributed by atoms with Gasteiger partial charge < -0.3 is 19.8 Å². The third-order valence-corrected chi connectivity index (χ3v) is 6.30. The van der Waals surface area contributed by atoms with E-state index in [4.69, 9.17) is 10.2 Å². The fourth-order valence-electron chi connectivity index (χ4n) is 3.38. The van der Waals surface area contributed by atoms with E-state index in [0.717, 1.165) is 12.1 Å². The molecule has 0 aliphatic carbocycles. The molecule has 0 fully saturated rings. The quantitative estimate of drug-likeness (QED) is 0.492. The van der Waals surface area contributed by atoms with Gasteiger partial charge in [0.1, 0.15) is 11.6 Å². The van der Waals surface area contributed by atoms with Crippen LogP contribution in [0.1, 0.15) is 32.2 Å². The number of anilines is 1. The number of hydrogen-bond acceptors (Lipinski definition) is 7. The summed E-state index contributed by atoms with van der Waals surface area (Å²) in [5.41, 5.74) is 6.53. The predicted molar refractivity (Wildman–Crippen MR) is 121 cm³/mol. The van der Waals surface area contributed by atoms with Crippen LogP contribution in [0.25, 0.3) is 11.5 Å². The number of rotatable bonds is 4. The molecule has 1 aromatic heterocycles. The molecule has 4 rings (SSSR count). The van der Waals surface area contributed by atoms with Crippen LogP contribution in [-0.2, 0) is 16.8 Å². The summed E-state index contributed by atoms with van der Waals surface area (Å²) in [4.78, 5) is 15.0. The second kappa shape index (κ2) is 9.15. The molecule has 1 aliphatic rings. The van der Waals surface area contributed by atoms with Crippen LogP contribution in [0.2, 0.25) is 0 Å². The third-order valence-electron chi connectivity index (χ3n) is 5.14. The van der Waals surface area contributed by atoms with Crippen molar-refractivity contribution in [2.75, 3.05) is 10.7 Å². The highest BCUT2D eigenvalue weighted by Crippen LogP contribution is 2.40. The number of alkyl halides is 3. The van der Waals surface area contributed by atoms with E-state index in [1.807, 2.05) is 20.8 Å². The largest absolute Gasteiger partial charge is 0.573 e. The molecule has 0 saturated heterocycles. The predicted octanol–water partition coefficient (Wildman–Crippen LogP) is 5.04. The van der Waals surface area contributed by atoms with Gasteiger partial charge in [-0.2, -0.15) is 0 Å². The first-order chi connectivity index (χ1) is 16.3. The lowest BCUT2D eigenvalue weighted by Crippen LogP contribution is -2.44. The average molecular weight is 511 g/mol. The number of carbonyl (C=O) groups excluding carboxylic acids is 1. The van der Waals surface area contributed by atoms with Crippen molar-refractivity contribution in [2.45, 2.75) is 50.0 Å². The van der Waals surface area contributed by atoms with Gasteiger partial charge in [0.25, 0.3) is 5.89 Å². The Morgan fingerprint density at radius 2 is 1.86 bits per heavy atom. The lowest BCUT2D eigenvalue weighted by atomic mass is 9.97. The highest BCUT2D eigenvalue weighted by molar-refractivity contribution is 7.99. The number of carbonyl (C=O) groups is 1. The van der Waals surface area contributed by atoms with Crippen molar-refractivity contribution in [2.24, 2.45) is 5.73 Å². The molecule has 1 aliphatic heterocycles. The van der Waals surface area contributed by atoms with Crippen LogP contribution in [0.15, 0.2) is 45.7 Å². The molecule has 0 radical (unpaired) electrons. The summed E-state index contributed by atoms with van der Waals surface area (Å²) in [5.74, 6) is -0.871. The van der Waals surface area contributed by atoms with E-state index in [-0.39, 0.29) is 29.5 Å². The van der Waals surface area contributed by atoms with E-state index >= 15 is 4.39 Å². The minimum atomic E-state index is -4.81. The number of fused-ring (bicyclic) bond motifs is 1. The van der Waals surface area contributed by atoms with Crippen molar-refractivity contribution in [3.63, 3.8) is 0 Å². The number of halogens is 4. The Morgan fingerprint density at radius 3 is 2.46 bits per heavy atom. The summed E-state index contributed by atoms with van der Waals surface area (Å²) < 4.78 is 62.0. The molecule has 0 bridgehead atoms. The highest BCUT2D eigenvalue weighted by atomic mass is 32.2. The van der Waals surface area contributed by atoms with Crippen molar-refractivity contribution in [3.8, 4) is 17.2 Å². The number of nitrogens with zero attached hydrogens (tertiary/aromatic N) is 3. The zero-order valence-corrected chi connectivity index (χ0v) is 19.8. The van der Waals surface area contributed by atoms with E-state index in [0.29, 0.717) is 22.0 Å². The van der Waals surface area contributed by atoms with E-state index in [9.17, 15) is 18.0 Å². The molecule has 35 heavy (non-hydrogen) atoms. The molecule has 0 spiro atoms. The molecule has 3 aromatic rings.